The summed E-state index contributed by atoms with van der Waals surface area (Å²) in [5, 5.41) is 6.28. The van der Waals surface area contributed by atoms with Crippen molar-refractivity contribution in [3.05, 3.63) is 42.2 Å². The Balaban J connectivity index is 1.40. The molecule has 29 heavy (non-hydrogen) atoms. The van der Waals surface area contributed by atoms with Gasteiger partial charge in [0.25, 0.3) is 0 Å². The summed E-state index contributed by atoms with van der Waals surface area (Å²) in [5.74, 6) is 1.26. The average molecular weight is 416 g/mol. The zero-order chi connectivity index (χ0) is 20.9. The lowest BCUT2D eigenvalue weighted by Gasteiger charge is -2.19. The number of hydrogen-bond acceptors (Lipinski definition) is 6. The van der Waals surface area contributed by atoms with E-state index in [0.29, 0.717) is 37.5 Å². The largest absolute Gasteiger partial charge is 0.457 e. The molecule has 3 rings (SSSR count). The van der Waals surface area contributed by atoms with Crippen LogP contribution in [0.4, 0.5) is 4.79 Å². The number of ether oxygens (including phenoxy) is 1. The molecule has 0 fully saturated rings. The number of carbonyl (C=O) groups is 2. The van der Waals surface area contributed by atoms with E-state index in [4.69, 9.17) is 9.15 Å². The molecule has 0 aliphatic heterocycles. The second kappa shape index (κ2) is 9.09. The Hall–Kier alpha value is -2.87. The summed E-state index contributed by atoms with van der Waals surface area (Å²) in [6.07, 6.45) is 0.359. The van der Waals surface area contributed by atoms with Gasteiger partial charge in [-0.15, -0.1) is 11.3 Å². The number of fused-ring (bicyclic) bond motifs is 1. The fourth-order valence-electron chi connectivity index (χ4n) is 2.59. The van der Waals surface area contributed by atoms with Gasteiger partial charge in [0, 0.05) is 13.0 Å². The smallest absolute Gasteiger partial charge is 0.407 e. The van der Waals surface area contributed by atoms with Gasteiger partial charge in [-0.2, -0.15) is 0 Å². The molecule has 2 amide bonds. The second-order valence-electron chi connectivity index (χ2n) is 7.56. The maximum atomic E-state index is 12.0. The standard InChI is InChI=1S/C21H25N3O4S/c1-21(2,3)28-20(26)22-12-6-9-18(25)23-13-14-10-11-16(27-14)19-24-15-7-4-5-8-17(15)29-19/h4-5,7-8,10-11H,6,9,12-13H2,1-3H3,(H,22,26)(H,23,25). The van der Waals surface area contributed by atoms with Crippen LogP contribution in [-0.2, 0) is 16.1 Å². The molecule has 0 radical (unpaired) electrons. The lowest BCUT2D eigenvalue weighted by molar-refractivity contribution is -0.121. The Morgan fingerprint density at radius 1 is 1.14 bits per heavy atom. The van der Waals surface area contributed by atoms with E-state index in [1.54, 1.807) is 32.1 Å². The Morgan fingerprint density at radius 2 is 1.93 bits per heavy atom. The summed E-state index contributed by atoms with van der Waals surface area (Å²) in [7, 11) is 0. The number of nitrogens with zero attached hydrogens (tertiary/aromatic N) is 1. The molecule has 7 nitrogen and oxygen atoms in total. The highest BCUT2D eigenvalue weighted by molar-refractivity contribution is 7.21. The fourth-order valence-corrected chi connectivity index (χ4v) is 3.52. The van der Waals surface area contributed by atoms with Crippen molar-refractivity contribution in [1.82, 2.24) is 15.6 Å². The number of hydrogen-bond donors (Lipinski definition) is 2. The monoisotopic (exact) mass is 415 g/mol. The molecule has 0 atom stereocenters. The molecule has 8 heteroatoms. The molecule has 0 aliphatic carbocycles. The number of aromatic nitrogens is 1. The van der Waals surface area contributed by atoms with Crippen molar-refractivity contribution in [3.8, 4) is 10.8 Å². The van der Waals surface area contributed by atoms with Gasteiger partial charge in [0.05, 0.1) is 16.8 Å². The molecule has 2 heterocycles. The van der Waals surface area contributed by atoms with E-state index in [1.165, 1.54) is 0 Å². The van der Waals surface area contributed by atoms with E-state index >= 15 is 0 Å². The first-order valence-corrected chi connectivity index (χ1v) is 10.3. The molecule has 2 N–H and O–H groups in total. The summed E-state index contributed by atoms with van der Waals surface area (Å²) >= 11 is 1.57. The van der Waals surface area contributed by atoms with Gasteiger partial charge in [0.15, 0.2) is 10.8 Å². The molecular weight excluding hydrogens is 390 g/mol. The van der Waals surface area contributed by atoms with E-state index < -0.39 is 11.7 Å². The number of nitrogens with one attached hydrogen (secondary N) is 2. The van der Waals surface area contributed by atoms with Crippen molar-refractivity contribution >= 4 is 33.6 Å². The van der Waals surface area contributed by atoms with Gasteiger partial charge in [0.2, 0.25) is 5.91 Å². The predicted molar refractivity (Wildman–Crippen MR) is 113 cm³/mol. The van der Waals surface area contributed by atoms with Gasteiger partial charge in [-0.25, -0.2) is 9.78 Å². The van der Waals surface area contributed by atoms with Crippen LogP contribution in [0.1, 0.15) is 39.4 Å². The van der Waals surface area contributed by atoms with Crippen molar-refractivity contribution < 1.29 is 18.7 Å². The zero-order valence-corrected chi connectivity index (χ0v) is 17.6. The number of para-hydroxylation sites is 1. The Kier molecular flexibility index (Phi) is 6.53. The number of furan rings is 1. The minimum atomic E-state index is -0.533. The number of benzene rings is 1. The van der Waals surface area contributed by atoms with Crippen LogP contribution in [0.3, 0.4) is 0 Å². The second-order valence-corrected chi connectivity index (χ2v) is 8.59. The number of amides is 2. The van der Waals surface area contributed by atoms with Gasteiger partial charge >= 0.3 is 6.09 Å². The van der Waals surface area contributed by atoms with Gasteiger partial charge in [-0.1, -0.05) is 12.1 Å². The van der Waals surface area contributed by atoms with Gasteiger partial charge in [-0.05, 0) is 51.5 Å². The molecule has 0 aliphatic rings. The first-order chi connectivity index (χ1) is 13.8. The van der Waals surface area contributed by atoms with Gasteiger partial charge in [-0.3, -0.25) is 4.79 Å². The summed E-state index contributed by atoms with van der Waals surface area (Å²) in [6, 6.07) is 11.6. The molecule has 154 valence electrons. The summed E-state index contributed by atoms with van der Waals surface area (Å²) in [5.41, 5.74) is 0.410. The molecule has 2 aromatic heterocycles. The van der Waals surface area contributed by atoms with E-state index in [0.717, 1.165) is 15.2 Å². The molecule has 0 spiro atoms. The third-order valence-corrected chi connectivity index (χ3v) is 4.93. The van der Waals surface area contributed by atoms with E-state index in [1.807, 2.05) is 36.4 Å². The number of carbonyl (C=O) groups excluding carboxylic acids is 2. The number of rotatable bonds is 7. The fraction of sp³-hybridized carbons (Fsp3) is 0.381. The Bertz CT molecular complexity index is 954. The third kappa shape index (κ3) is 6.32. The Labute approximate surface area is 173 Å². The highest BCUT2D eigenvalue weighted by atomic mass is 32.1. The van der Waals surface area contributed by atoms with Crippen LogP contribution in [0.25, 0.3) is 21.0 Å². The van der Waals surface area contributed by atoms with Crippen LogP contribution in [0.2, 0.25) is 0 Å². The quantitative estimate of drug-likeness (QED) is 0.555. The predicted octanol–water partition coefficient (Wildman–Crippen LogP) is 4.48. The van der Waals surface area contributed by atoms with Crippen molar-refractivity contribution in [2.45, 2.75) is 45.8 Å². The number of alkyl carbamates (subject to hydrolysis) is 1. The van der Waals surface area contributed by atoms with Gasteiger partial charge < -0.3 is 19.8 Å². The molecule has 0 bridgehead atoms. The summed E-state index contributed by atoms with van der Waals surface area (Å²) in [4.78, 5) is 28.1. The maximum Gasteiger partial charge on any atom is 0.407 e. The highest BCUT2D eigenvalue weighted by Gasteiger charge is 2.15. The zero-order valence-electron chi connectivity index (χ0n) is 16.8. The van der Waals surface area contributed by atoms with E-state index in [2.05, 4.69) is 15.6 Å². The first-order valence-electron chi connectivity index (χ1n) is 9.48. The third-order valence-electron chi connectivity index (χ3n) is 3.87. The lowest BCUT2D eigenvalue weighted by atomic mass is 10.2. The molecule has 0 saturated carbocycles. The normalized spacial score (nSPS) is 11.4. The molecule has 0 saturated heterocycles. The minimum absolute atomic E-state index is 0.103. The molecular formula is C21H25N3O4S. The molecule has 3 aromatic rings. The molecule has 0 unspecified atom stereocenters. The lowest BCUT2D eigenvalue weighted by Crippen LogP contribution is -2.33. The van der Waals surface area contributed by atoms with E-state index in [9.17, 15) is 9.59 Å². The van der Waals surface area contributed by atoms with Crippen LogP contribution >= 0.6 is 11.3 Å². The highest BCUT2D eigenvalue weighted by Crippen LogP contribution is 2.31. The van der Waals surface area contributed by atoms with Crippen molar-refractivity contribution in [2.75, 3.05) is 6.54 Å². The maximum absolute atomic E-state index is 12.0. The van der Waals surface area contributed by atoms with Crippen LogP contribution < -0.4 is 10.6 Å². The number of thiazole rings is 1. The van der Waals surface area contributed by atoms with E-state index in [-0.39, 0.29) is 5.91 Å². The van der Waals surface area contributed by atoms with Crippen LogP contribution in [0.5, 0.6) is 0 Å². The van der Waals surface area contributed by atoms with Crippen molar-refractivity contribution in [1.29, 1.82) is 0 Å². The Morgan fingerprint density at radius 3 is 2.69 bits per heavy atom. The average Bonchev–Trinajstić information content (AvgIpc) is 3.28. The summed E-state index contributed by atoms with van der Waals surface area (Å²) < 4.78 is 12.1. The van der Waals surface area contributed by atoms with Crippen LogP contribution in [0.15, 0.2) is 40.8 Å². The SMILES string of the molecule is CC(C)(C)OC(=O)NCCCC(=O)NCc1ccc(-c2nc3ccccc3s2)o1. The van der Waals surface area contributed by atoms with Crippen LogP contribution in [-0.4, -0.2) is 29.1 Å². The first kappa shape index (κ1) is 20.9. The van der Waals surface area contributed by atoms with Crippen molar-refractivity contribution in [3.63, 3.8) is 0 Å². The van der Waals surface area contributed by atoms with Gasteiger partial charge in [0.1, 0.15) is 11.4 Å². The summed E-state index contributed by atoms with van der Waals surface area (Å²) in [6.45, 7) is 6.10. The van der Waals surface area contributed by atoms with Crippen LogP contribution in [0, 0.1) is 0 Å². The molecule has 1 aromatic carbocycles. The topological polar surface area (TPSA) is 93.5 Å². The van der Waals surface area contributed by atoms with Crippen molar-refractivity contribution in [2.24, 2.45) is 0 Å². The minimum Gasteiger partial charge on any atom is -0.457 e.